The lowest BCUT2D eigenvalue weighted by atomic mass is 10.1. The molecule has 2 rings (SSSR count). The standard InChI is InChI=1S/C16H18ClN3O3/c1-10(12-4-6-13(17)7-5-12)19-15(21)9-23-16(22)14-8-18-20(3)11(14)2/h4-8,10H,9H2,1-3H3,(H,19,21). The number of carbonyl (C=O) groups excluding carboxylic acids is 2. The van der Waals surface area contributed by atoms with Crippen LogP contribution in [0.25, 0.3) is 0 Å². The first-order valence-corrected chi connectivity index (χ1v) is 7.47. The fraction of sp³-hybridized carbons (Fsp3) is 0.312. The first kappa shape index (κ1) is 17.0. The third-order valence-corrected chi connectivity index (χ3v) is 3.79. The molecule has 1 heterocycles. The van der Waals surface area contributed by atoms with Gasteiger partial charge in [0.05, 0.1) is 12.2 Å². The summed E-state index contributed by atoms with van der Waals surface area (Å²) in [5.41, 5.74) is 1.95. The van der Waals surface area contributed by atoms with Gasteiger partial charge in [0, 0.05) is 17.8 Å². The fourth-order valence-electron chi connectivity index (χ4n) is 2.03. The molecule has 1 amide bonds. The normalized spacial score (nSPS) is 11.8. The topological polar surface area (TPSA) is 73.2 Å². The van der Waals surface area contributed by atoms with Crippen LogP contribution in [-0.4, -0.2) is 28.3 Å². The number of aryl methyl sites for hydroxylation is 1. The van der Waals surface area contributed by atoms with E-state index < -0.39 is 5.97 Å². The molecule has 0 saturated heterocycles. The van der Waals surface area contributed by atoms with E-state index in [4.69, 9.17) is 16.3 Å². The lowest BCUT2D eigenvalue weighted by molar-refractivity contribution is -0.124. The van der Waals surface area contributed by atoms with Gasteiger partial charge in [-0.3, -0.25) is 9.48 Å². The van der Waals surface area contributed by atoms with E-state index in [-0.39, 0.29) is 18.6 Å². The summed E-state index contributed by atoms with van der Waals surface area (Å²) in [6.07, 6.45) is 1.42. The Kier molecular flexibility index (Phi) is 5.39. The van der Waals surface area contributed by atoms with Crippen molar-refractivity contribution in [1.29, 1.82) is 0 Å². The Hall–Kier alpha value is -2.34. The monoisotopic (exact) mass is 335 g/mol. The van der Waals surface area contributed by atoms with Crippen LogP contribution in [0.5, 0.6) is 0 Å². The molecular formula is C16H18ClN3O3. The number of nitrogens with one attached hydrogen (secondary N) is 1. The smallest absolute Gasteiger partial charge is 0.342 e. The van der Waals surface area contributed by atoms with Crippen LogP contribution in [0.2, 0.25) is 5.02 Å². The maximum absolute atomic E-state index is 11.9. The van der Waals surface area contributed by atoms with Crippen molar-refractivity contribution in [3.8, 4) is 0 Å². The van der Waals surface area contributed by atoms with Crippen LogP contribution < -0.4 is 5.32 Å². The van der Waals surface area contributed by atoms with Crippen LogP contribution in [0.1, 0.15) is 34.6 Å². The number of halogens is 1. The second-order valence-electron chi connectivity index (χ2n) is 5.18. The largest absolute Gasteiger partial charge is 0.452 e. The molecule has 0 aliphatic rings. The number of rotatable bonds is 5. The summed E-state index contributed by atoms with van der Waals surface area (Å²) in [7, 11) is 1.73. The van der Waals surface area contributed by atoms with Crippen molar-refractivity contribution in [2.24, 2.45) is 7.05 Å². The van der Waals surface area contributed by atoms with Crippen LogP contribution >= 0.6 is 11.6 Å². The van der Waals surface area contributed by atoms with Crippen LogP contribution in [0.3, 0.4) is 0 Å². The van der Waals surface area contributed by atoms with Crippen molar-refractivity contribution in [1.82, 2.24) is 15.1 Å². The van der Waals surface area contributed by atoms with Gasteiger partial charge in [-0.05, 0) is 31.5 Å². The quantitative estimate of drug-likeness (QED) is 0.852. The number of hydrogen-bond donors (Lipinski definition) is 1. The van der Waals surface area contributed by atoms with Crippen molar-refractivity contribution in [3.63, 3.8) is 0 Å². The van der Waals surface area contributed by atoms with Crippen molar-refractivity contribution < 1.29 is 14.3 Å². The van der Waals surface area contributed by atoms with E-state index in [1.54, 1.807) is 30.8 Å². The lowest BCUT2D eigenvalue weighted by Gasteiger charge is -2.14. The zero-order valence-corrected chi connectivity index (χ0v) is 13.9. The number of nitrogens with zero attached hydrogens (tertiary/aromatic N) is 2. The molecule has 7 heteroatoms. The van der Waals surface area contributed by atoms with Crippen LogP contribution in [0.4, 0.5) is 0 Å². The Balaban J connectivity index is 1.86. The second-order valence-corrected chi connectivity index (χ2v) is 5.62. The summed E-state index contributed by atoms with van der Waals surface area (Å²) in [6, 6.07) is 6.96. The Morgan fingerprint density at radius 2 is 2.00 bits per heavy atom. The highest BCUT2D eigenvalue weighted by Crippen LogP contribution is 2.16. The summed E-state index contributed by atoms with van der Waals surface area (Å²) < 4.78 is 6.58. The minimum absolute atomic E-state index is 0.210. The molecule has 1 N–H and O–H groups in total. The van der Waals surface area contributed by atoms with Crippen LogP contribution in [0, 0.1) is 6.92 Å². The van der Waals surface area contributed by atoms with E-state index in [2.05, 4.69) is 10.4 Å². The van der Waals surface area contributed by atoms with E-state index >= 15 is 0 Å². The van der Waals surface area contributed by atoms with Crippen molar-refractivity contribution in [3.05, 3.63) is 52.3 Å². The molecule has 1 aromatic heterocycles. The van der Waals surface area contributed by atoms with Gasteiger partial charge in [-0.25, -0.2) is 4.79 Å². The highest BCUT2D eigenvalue weighted by molar-refractivity contribution is 6.30. The Morgan fingerprint density at radius 3 is 2.57 bits per heavy atom. The maximum Gasteiger partial charge on any atom is 0.342 e. The average Bonchev–Trinajstić information content (AvgIpc) is 2.85. The Morgan fingerprint density at radius 1 is 1.35 bits per heavy atom. The van der Waals surface area contributed by atoms with Crippen molar-refractivity contribution in [2.75, 3.05) is 6.61 Å². The average molecular weight is 336 g/mol. The first-order chi connectivity index (χ1) is 10.9. The van der Waals surface area contributed by atoms with Gasteiger partial charge in [-0.15, -0.1) is 0 Å². The second kappa shape index (κ2) is 7.28. The number of ether oxygens (including phenoxy) is 1. The predicted octanol–water partition coefficient (Wildman–Crippen LogP) is 2.42. The molecule has 0 spiro atoms. The van der Waals surface area contributed by atoms with Gasteiger partial charge in [-0.2, -0.15) is 5.10 Å². The number of aromatic nitrogens is 2. The minimum atomic E-state index is -0.565. The van der Waals surface area contributed by atoms with Gasteiger partial charge < -0.3 is 10.1 Å². The lowest BCUT2D eigenvalue weighted by Crippen LogP contribution is -2.31. The molecule has 1 aromatic carbocycles. The highest BCUT2D eigenvalue weighted by Gasteiger charge is 2.16. The van der Waals surface area contributed by atoms with Crippen molar-refractivity contribution >= 4 is 23.5 Å². The molecule has 23 heavy (non-hydrogen) atoms. The minimum Gasteiger partial charge on any atom is -0.452 e. The zero-order valence-electron chi connectivity index (χ0n) is 13.2. The van der Waals surface area contributed by atoms with Gasteiger partial charge in [-0.1, -0.05) is 23.7 Å². The number of carbonyl (C=O) groups is 2. The predicted molar refractivity (Wildman–Crippen MR) is 86.2 cm³/mol. The van der Waals surface area contributed by atoms with Crippen LogP contribution in [-0.2, 0) is 16.6 Å². The molecule has 2 aromatic rings. The van der Waals surface area contributed by atoms with Gasteiger partial charge >= 0.3 is 5.97 Å². The summed E-state index contributed by atoms with van der Waals surface area (Å²) in [5.74, 6) is -0.938. The van der Waals surface area contributed by atoms with Crippen LogP contribution in [0.15, 0.2) is 30.5 Å². The van der Waals surface area contributed by atoms with E-state index in [0.29, 0.717) is 16.3 Å². The van der Waals surface area contributed by atoms with E-state index in [0.717, 1.165) is 5.56 Å². The molecule has 0 radical (unpaired) electrons. The molecule has 1 unspecified atom stereocenters. The number of hydrogen-bond acceptors (Lipinski definition) is 4. The SMILES string of the molecule is Cc1c(C(=O)OCC(=O)NC(C)c2ccc(Cl)cc2)cnn1C. The molecule has 1 atom stereocenters. The van der Waals surface area contributed by atoms with Gasteiger partial charge in [0.15, 0.2) is 6.61 Å². The fourth-order valence-corrected chi connectivity index (χ4v) is 2.15. The Bertz CT molecular complexity index is 710. The third-order valence-electron chi connectivity index (χ3n) is 3.54. The van der Waals surface area contributed by atoms with Gasteiger partial charge in [0.2, 0.25) is 0 Å². The molecule has 0 fully saturated rings. The summed E-state index contributed by atoms with van der Waals surface area (Å²) in [5, 5.41) is 7.36. The number of benzene rings is 1. The summed E-state index contributed by atoms with van der Waals surface area (Å²) >= 11 is 5.83. The zero-order chi connectivity index (χ0) is 17.0. The van der Waals surface area contributed by atoms with E-state index in [1.165, 1.54) is 6.20 Å². The molecule has 0 aliphatic heterocycles. The van der Waals surface area contributed by atoms with Crippen molar-refractivity contribution in [2.45, 2.75) is 19.9 Å². The number of amides is 1. The Labute approximate surface area is 139 Å². The van der Waals surface area contributed by atoms with Gasteiger partial charge in [0.25, 0.3) is 5.91 Å². The molecular weight excluding hydrogens is 318 g/mol. The van der Waals surface area contributed by atoms with E-state index in [1.807, 2.05) is 19.1 Å². The first-order valence-electron chi connectivity index (χ1n) is 7.09. The molecule has 0 saturated carbocycles. The summed E-state index contributed by atoms with van der Waals surface area (Å²) in [6.45, 7) is 3.26. The highest BCUT2D eigenvalue weighted by atomic mass is 35.5. The molecule has 6 nitrogen and oxygen atoms in total. The maximum atomic E-state index is 11.9. The third kappa shape index (κ3) is 4.32. The summed E-state index contributed by atoms with van der Waals surface area (Å²) in [4.78, 5) is 23.8. The molecule has 0 bridgehead atoms. The number of esters is 1. The van der Waals surface area contributed by atoms with E-state index in [9.17, 15) is 9.59 Å². The molecule has 0 aliphatic carbocycles. The molecule has 122 valence electrons. The van der Waals surface area contributed by atoms with Gasteiger partial charge in [0.1, 0.15) is 5.56 Å².